The maximum Gasteiger partial charge on any atom is 0.271 e. The Balaban J connectivity index is 2.09. The predicted molar refractivity (Wildman–Crippen MR) is 112 cm³/mol. The molecule has 1 aromatic carbocycles. The van der Waals surface area contributed by atoms with E-state index in [2.05, 4.69) is 38.8 Å². The van der Waals surface area contributed by atoms with Crippen LogP contribution in [-0.4, -0.2) is 26.3 Å². The third-order valence-corrected chi connectivity index (χ3v) is 11.0. The summed E-state index contributed by atoms with van der Waals surface area (Å²) in [4.78, 5) is 4.33. The minimum atomic E-state index is -4.12. The van der Waals surface area contributed by atoms with Crippen LogP contribution in [0.4, 0.5) is 0 Å². The molecule has 0 saturated heterocycles. The molecule has 0 fully saturated rings. The molecule has 0 spiro atoms. The van der Waals surface area contributed by atoms with E-state index in [0.29, 0.717) is 12.2 Å². The van der Waals surface area contributed by atoms with Crippen molar-refractivity contribution in [2.24, 2.45) is 0 Å². The SMILES string of the molecule is CC(c1ccc(-c2ccc(CO[Si](C)(C)C(C)(C)C)cc2)nc1)S(=O)(=O)O. The van der Waals surface area contributed by atoms with Crippen molar-refractivity contribution in [2.45, 2.75) is 57.7 Å². The molecular weight excluding hydrogens is 378 g/mol. The molecule has 0 bridgehead atoms. The van der Waals surface area contributed by atoms with Gasteiger partial charge in [0.05, 0.1) is 12.3 Å². The Labute approximate surface area is 163 Å². The Hall–Kier alpha value is -1.54. The lowest BCUT2D eigenvalue weighted by Gasteiger charge is -2.36. The van der Waals surface area contributed by atoms with Gasteiger partial charge in [0, 0.05) is 11.8 Å². The fourth-order valence-electron chi connectivity index (χ4n) is 2.24. The maximum absolute atomic E-state index is 11.2. The van der Waals surface area contributed by atoms with E-state index >= 15 is 0 Å². The van der Waals surface area contributed by atoms with Crippen LogP contribution >= 0.6 is 0 Å². The molecule has 1 aromatic heterocycles. The highest BCUT2D eigenvalue weighted by Gasteiger charge is 2.36. The summed E-state index contributed by atoms with van der Waals surface area (Å²) in [5.41, 5.74) is 3.26. The fourth-order valence-corrected chi connectivity index (χ4v) is 3.68. The second-order valence-corrected chi connectivity index (χ2v) is 14.9. The molecule has 0 aliphatic carbocycles. The number of aromatic nitrogens is 1. The van der Waals surface area contributed by atoms with Gasteiger partial charge in [-0.2, -0.15) is 8.42 Å². The molecule has 1 N–H and O–H groups in total. The van der Waals surface area contributed by atoms with Crippen molar-refractivity contribution in [3.8, 4) is 11.3 Å². The van der Waals surface area contributed by atoms with Gasteiger partial charge in [0.2, 0.25) is 0 Å². The van der Waals surface area contributed by atoms with E-state index in [0.717, 1.165) is 16.8 Å². The van der Waals surface area contributed by atoms with E-state index in [9.17, 15) is 8.42 Å². The topological polar surface area (TPSA) is 76.5 Å². The van der Waals surface area contributed by atoms with Crippen molar-refractivity contribution in [2.75, 3.05) is 0 Å². The molecule has 5 nitrogen and oxygen atoms in total. The van der Waals surface area contributed by atoms with Crippen molar-refractivity contribution in [1.82, 2.24) is 4.98 Å². The second-order valence-electron chi connectivity index (χ2n) is 8.38. The van der Waals surface area contributed by atoms with Crippen molar-refractivity contribution < 1.29 is 17.4 Å². The van der Waals surface area contributed by atoms with Crippen molar-refractivity contribution >= 4 is 18.4 Å². The van der Waals surface area contributed by atoms with Crippen LogP contribution in [-0.2, 0) is 21.2 Å². The molecule has 0 radical (unpaired) electrons. The summed E-state index contributed by atoms with van der Waals surface area (Å²) in [5.74, 6) is 0. The quantitative estimate of drug-likeness (QED) is 0.525. The first kappa shape index (κ1) is 21.8. The summed E-state index contributed by atoms with van der Waals surface area (Å²) in [6.07, 6.45) is 1.49. The minimum absolute atomic E-state index is 0.178. The molecule has 7 heteroatoms. The van der Waals surface area contributed by atoms with Gasteiger partial charge in [0.1, 0.15) is 5.25 Å². The third-order valence-electron chi connectivity index (χ3n) is 5.36. The molecule has 0 amide bonds. The Bertz CT molecular complexity index is 870. The highest BCUT2D eigenvalue weighted by molar-refractivity contribution is 7.86. The van der Waals surface area contributed by atoms with Crippen LogP contribution in [0.3, 0.4) is 0 Å². The average molecular weight is 408 g/mol. The molecule has 1 unspecified atom stereocenters. The first-order valence-corrected chi connectivity index (χ1v) is 13.4. The Morgan fingerprint density at radius 1 is 1.11 bits per heavy atom. The largest absolute Gasteiger partial charge is 0.413 e. The lowest BCUT2D eigenvalue weighted by Crippen LogP contribution is -2.40. The molecule has 2 aromatic rings. The van der Waals surface area contributed by atoms with Gasteiger partial charge in [-0.15, -0.1) is 0 Å². The van der Waals surface area contributed by atoms with E-state index in [1.165, 1.54) is 13.1 Å². The van der Waals surface area contributed by atoms with Crippen LogP contribution in [0.5, 0.6) is 0 Å². The Morgan fingerprint density at radius 3 is 2.15 bits per heavy atom. The predicted octanol–water partition coefficient (Wildman–Crippen LogP) is 5.22. The van der Waals surface area contributed by atoms with Gasteiger partial charge in [0.15, 0.2) is 8.32 Å². The second kappa shape index (κ2) is 7.83. The summed E-state index contributed by atoms with van der Waals surface area (Å²) < 4.78 is 37.9. The van der Waals surface area contributed by atoms with Crippen molar-refractivity contribution in [3.05, 3.63) is 53.7 Å². The van der Waals surface area contributed by atoms with Crippen LogP contribution in [0.2, 0.25) is 18.1 Å². The zero-order valence-electron chi connectivity index (χ0n) is 16.9. The number of hydrogen-bond acceptors (Lipinski definition) is 4. The van der Waals surface area contributed by atoms with Crippen molar-refractivity contribution in [3.63, 3.8) is 0 Å². The summed E-state index contributed by atoms with van der Waals surface area (Å²) in [6.45, 7) is 13.2. The monoisotopic (exact) mass is 407 g/mol. The van der Waals surface area contributed by atoms with Gasteiger partial charge >= 0.3 is 0 Å². The van der Waals surface area contributed by atoms with Gasteiger partial charge < -0.3 is 4.43 Å². The van der Waals surface area contributed by atoms with E-state index in [1.54, 1.807) is 12.1 Å². The van der Waals surface area contributed by atoms with Gasteiger partial charge in [-0.05, 0) is 42.2 Å². The highest BCUT2D eigenvalue weighted by atomic mass is 32.2. The maximum atomic E-state index is 11.2. The summed E-state index contributed by atoms with van der Waals surface area (Å²) >= 11 is 0. The molecule has 2 rings (SSSR count). The van der Waals surface area contributed by atoms with E-state index < -0.39 is 23.7 Å². The molecule has 1 heterocycles. The van der Waals surface area contributed by atoms with Gasteiger partial charge in [-0.3, -0.25) is 9.54 Å². The fraction of sp³-hybridized carbons (Fsp3) is 0.450. The highest BCUT2D eigenvalue weighted by Crippen LogP contribution is 2.37. The molecule has 0 saturated carbocycles. The first-order valence-electron chi connectivity index (χ1n) is 8.97. The van der Waals surface area contributed by atoms with Crippen LogP contribution in [0.25, 0.3) is 11.3 Å². The molecular formula is C20H29NO4SSi. The van der Waals surface area contributed by atoms with Gasteiger partial charge in [-0.1, -0.05) is 51.1 Å². The molecule has 148 valence electrons. The lowest BCUT2D eigenvalue weighted by atomic mass is 10.1. The van der Waals surface area contributed by atoms with Gasteiger partial charge in [0.25, 0.3) is 10.1 Å². The lowest BCUT2D eigenvalue weighted by molar-refractivity contribution is 0.276. The zero-order chi connectivity index (χ0) is 20.5. The van der Waals surface area contributed by atoms with E-state index in [4.69, 9.17) is 8.98 Å². The third kappa shape index (κ3) is 5.48. The first-order chi connectivity index (χ1) is 12.3. The average Bonchev–Trinajstić information content (AvgIpc) is 2.58. The summed E-state index contributed by atoms with van der Waals surface area (Å²) in [5, 5.41) is -0.813. The summed E-state index contributed by atoms with van der Waals surface area (Å²) in [6, 6.07) is 11.5. The Morgan fingerprint density at radius 2 is 1.70 bits per heavy atom. The van der Waals surface area contributed by atoms with Crippen LogP contribution in [0, 0.1) is 0 Å². The van der Waals surface area contributed by atoms with Gasteiger partial charge in [-0.25, -0.2) is 0 Å². The smallest absolute Gasteiger partial charge is 0.271 e. The van der Waals surface area contributed by atoms with Crippen LogP contribution in [0.1, 0.15) is 44.1 Å². The Kier molecular flexibility index (Phi) is 6.31. The van der Waals surface area contributed by atoms with Crippen LogP contribution in [0.15, 0.2) is 42.6 Å². The van der Waals surface area contributed by atoms with E-state index in [1.807, 2.05) is 24.3 Å². The number of rotatable bonds is 6. The van der Waals surface area contributed by atoms with Crippen LogP contribution < -0.4 is 0 Å². The number of benzene rings is 1. The van der Waals surface area contributed by atoms with Crippen molar-refractivity contribution in [1.29, 1.82) is 0 Å². The number of hydrogen-bond donors (Lipinski definition) is 1. The molecule has 0 aliphatic rings. The molecule has 0 aliphatic heterocycles. The standard InChI is InChI=1S/C20H29NO4SSi/c1-15(26(22,23)24)18-11-12-19(21-13-18)17-9-7-16(8-10-17)14-25-27(5,6)20(2,3)4/h7-13,15H,14H2,1-6H3,(H,22,23,24). The number of nitrogens with zero attached hydrogens (tertiary/aromatic N) is 1. The summed E-state index contributed by atoms with van der Waals surface area (Å²) in [7, 11) is -5.90. The normalized spacial score (nSPS) is 14.2. The number of pyridine rings is 1. The molecule has 27 heavy (non-hydrogen) atoms. The minimum Gasteiger partial charge on any atom is -0.413 e. The zero-order valence-corrected chi connectivity index (χ0v) is 18.7. The molecule has 1 atom stereocenters. The van der Waals surface area contributed by atoms with E-state index in [-0.39, 0.29) is 5.04 Å².